The first-order chi connectivity index (χ1) is 9.28. The summed E-state index contributed by atoms with van der Waals surface area (Å²) in [4.78, 5) is 11.8. The number of alkyl carbamates (subject to hydrolysis) is 1. The molecule has 5 nitrogen and oxygen atoms in total. The number of benzene rings is 1. The van der Waals surface area contributed by atoms with Crippen LogP contribution in [0.15, 0.2) is 18.2 Å². The minimum Gasteiger partial charge on any atom is -0.495 e. The largest absolute Gasteiger partial charge is 0.495 e. The summed E-state index contributed by atoms with van der Waals surface area (Å²) in [6.45, 7) is 5.59. The smallest absolute Gasteiger partial charge is 0.408 e. The van der Waals surface area contributed by atoms with Crippen molar-refractivity contribution in [1.82, 2.24) is 5.32 Å². The van der Waals surface area contributed by atoms with Gasteiger partial charge in [0.25, 0.3) is 0 Å². The van der Waals surface area contributed by atoms with Crippen LogP contribution in [0.25, 0.3) is 0 Å². The number of ether oxygens (including phenoxy) is 2. The Kier molecular flexibility index (Phi) is 5.65. The van der Waals surface area contributed by atoms with Gasteiger partial charge >= 0.3 is 6.09 Å². The number of halogens is 1. The first-order valence-electron chi connectivity index (χ1n) is 6.30. The molecule has 1 amide bonds. The summed E-state index contributed by atoms with van der Waals surface area (Å²) >= 11 is 6.06. The van der Waals surface area contributed by atoms with E-state index in [4.69, 9.17) is 26.8 Å². The number of carbonyl (C=O) groups is 1. The molecule has 0 fully saturated rings. The Labute approximate surface area is 124 Å². The molecule has 112 valence electrons. The number of nitrogens with one attached hydrogen (secondary N) is 1. The van der Waals surface area contributed by atoms with Gasteiger partial charge in [-0.2, -0.15) is 0 Å². The summed E-state index contributed by atoms with van der Waals surface area (Å²) in [6.07, 6.45) is -0.532. The second kappa shape index (κ2) is 6.81. The molecule has 0 aliphatic rings. The molecular formula is C14H21ClN2O3. The zero-order valence-electron chi connectivity index (χ0n) is 12.2. The molecule has 0 saturated heterocycles. The van der Waals surface area contributed by atoms with Gasteiger partial charge in [-0.15, -0.1) is 0 Å². The highest BCUT2D eigenvalue weighted by Crippen LogP contribution is 2.32. The highest BCUT2D eigenvalue weighted by Gasteiger charge is 2.22. The average Bonchev–Trinajstić information content (AvgIpc) is 2.33. The van der Waals surface area contributed by atoms with E-state index in [0.29, 0.717) is 16.3 Å². The van der Waals surface area contributed by atoms with Crippen LogP contribution in [0.5, 0.6) is 5.75 Å². The number of hydrogen-bond donors (Lipinski definition) is 2. The summed E-state index contributed by atoms with van der Waals surface area (Å²) in [6, 6.07) is 4.86. The van der Waals surface area contributed by atoms with Crippen molar-refractivity contribution in [3.63, 3.8) is 0 Å². The maximum absolute atomic E-state index is 11.8. The minimum atomic E-state index is -0.568. The van der Waals surface area contributed by atoms with Gasteiger partial charge in [0.15, 0.2) is 0 Å². The molecule has 1 aromatic carbocycles. The third-order valence-electron chi connectivity index (χ3n) is 2.50. The Morgan fingerprint density at radius 1 is 1.45 bits per heavy atom. The molecule has 0 saturated carbocycles. The Morgan fingerprint density at radius 3 is 2.60 bits per heavy atom. The second-order valence-corrected chi connectivity index (χ2v) is 5.70. The molecule has 0 radical (unpaired) electrons. The number of nitrogens with two attached hydrogens (primary N) is 1. The van der Waals surface area contributed by atoms with E-state index in [9.17, 15) is 4.79 Å². The lowest BCUT2D eigenvalue weighted by Crippen LogP contribution is -2.37. The molecule has 0 spiro atoms. The van der Waals surface area contributed by atoms with Crippen LogP contribution in [0.2, 0.25) is 5.02 Å². The summed E-state index contributed by atoms with van der Waals surface area (Å²) in [5.74, 6) is 0.501. The van der Waals surface area contributed by atoms with Crippen LogP contribution in [-0.2, 0) is 4.74 Å². The van der Waals surface area contributed by atoms with E-state index in [1.54, 1.807) is 39.0 Å². The lowest BCUT2D eigenvalue weighted by Gasteiger charge is -2.24. The minimum absolute atomic E-state index is 0.204. The normalized spacial score (nSPS) is 12.7. The molecule has 0 aromatic heterocycles. The zero-order valence-corrected chi connectivity index (χ0v) is 13.0. The van der Waals surface area contributed by atoms with Crippen molar-refractivity contribution in [2.45, 2.75) is 32.4 Å². The molecule has 20 heavy (non-hydrogen) atoms. The van der Waals surface area contributed by atoms with Gasteiger partial charge in [-0.3, -0.25) is 0 Å². The Hall–Kier alpha value is -1.46. The van der Waals surface area contributed by atoms with Crippen LogP contribution in [0, 0.1) is 0 Å². The van der Waals surface area contributed by atoms with Crippen molar-refractivity contribution in [1.29, 1.82) is 0 Å². The molecule has 1 unspecified atom stereocenters. The van der Waals surface area contributed by atoms with Crippen LogP contribution in [-0.4, -0.2) is 25.3 Å². The fourth-order valence-corrected chi connectivity index (χ4v) is 1.99. The topological polar surface area (TPSA) is 73.6 Å². The van der Waals surface area contributed by atoms with Crippen molar-refractivity contribution in [3.8, 4) is 5.75 Å². The van der Waals surface area contributed by atoms with Gasteiger partial charge in [-0.05, 0) is 26.8 Å². The van der Waals surface area contributed by atoms with E-state index in [1.807, 2.05) is 0 Å². The summed E-state index contributed by atoms with van der Waals surface area (Å²) in [7, 11) is 1.52. The van der Waals surface area contributed by atoms with Crippen LogP contribution in [0.4, 0.5) is 4.79 Å². The van der Waals surface area contributed by atoms with Crippen LogP contribution < -0.4 is 15.8 Å². The van der Waals surface area contributed by atoms with Gasteiger partial charge in [0.1, 0.15) is 11.4 Å². The number of hydrogen-bond acceptors (Lipinski definition) is 4. The second-order valence-electron chi connectivity index (χ2n) is 5.30. The lowest BCUT2D eigenvalue weighted by atomic mass is 10.1. The maximum atomic E-state index is 11.8. The zero-order chi connectivity index (χ0) is 15.3. The third-order valence-corrected chi connectivity index (χ3v) is 2.80. The van der Waals surface area contributed by atoms with Gasteiger partial charge in [0, 0.05) is 12.1 Å². The van der Waals surface area contributed by atoms with Gasteiger partial charge in [0.05, 0.1) is 18.2 Å². The number of amides is 1. The van der Waals surface area contributed by atoms with Gasteiger partial charge in [0.2, 0.25) is 0 Å². The SMILES string of the molecule is COc1c(Cl)cccc1C(CN)NC(=O)OC(C)(C)C. The van der Waals surface area contributed by atoms with Gasteiger partial charge < -0.3 is 20.5 Å². The predicted octanol–water partition coefficient (Wildman–Crippen LogP) is 2.87. The summed E-state index contributed by atoms with van der Waals surface area (Å²) in [5.41, 5.74) is 5.87. The Balaban J connectivity index is 2.92. The van der Waals surface area contributed by atoms with Crippen molar-refractivity contribution in [3.05, 3.63) is 28.8 Å². The predicted molar refractivity (Wildman–Crippen MR) is 79.2 cm³/mol. The standard InChI is InChI=1S/C14H21ClN2O3/c1-14(2,3)20-13(18)17-11(8-16)9-6-5-7-10(15)12(9)19-4/h5-7,11H,8,16H2,1-4H3,(H,17,18). The molecule has 1 rings (SSSR count). The van der Waals surface area contributed by atoms with Gasteiger partial charge in [-0.25, -0.2) is 4.79 Å². The fraction of sp³-hybridized carbons (Fsp3) is 0.500. The summed E-state index contributed by atoms with van der Waals surface area (Å²) in [5, 5.41) is 3.18. The number of methoxy groups -OCH3 is 1. The maximum Gasteiger partial charge on any atom is 0.408 e. The van der Waals surface area contributed by atoms with E-state index in [1.165, 1.54) is 7.11 Å². The lowest BCUT2D eigenvalue weighted by molar-refractivity contribution is 0.0505. The monoisotopic (exact) mass is 300 g/mol. The first kappa shape index (κ1) is 16.6. The van der Waals surface area contributed by atoms with Crippen molar-refractivity contribution >= 4 is 17.7 Å². The quantitative estimate of drug-likeness (QED) is 0.896. The molecule has 0 heterocycles. The van der Waals surface area contributed by atoms with E-state index in [2.05, 4.69) is 5.32 Å². The Bertz CT molecular complexity index is 472. The molecule has 0 aliphatic carbocycles. The number of rotatable bonds is 4. The van der Waals surface area contributed by atoms with Gasteiger partial charge in [-0.1, -0.05) is 23.7 Å². The molecule has 0 aliphatic heterocycles. The van der Waals surface area contributed by atoms with Crippen molar-refractivity contribution in [2.24, 2.45) is 5.73 Å². The Morgan fingerprint density at radius 2 is 2.10 bits per heavy atom. The third kappa shape index (κ3) is 4.58. The van der Waals surface area contributed by atoms with E-state index >= 15 is 0 Å². The van der Waals surface area contributed by atoms with E-state index in [-0.39, 0.29) is 6.54 Å². The molecule has 1 aromatic rings. The highest BCUT2D eigenvalue weighted by atomic mass is 35.5. The van der Waals surface area contributed by atoms with E-state index in [0.717, 1.165) is 0 Å². The molecular weight excluding hydrogens is 280 g/mol. The van der Waals surface area contributed by atoms with E-state index < -0.39 is 17.7 Å². The number of para-hydroxylation sites is 1. The highest BCUT2D eigenvalue weighted by molar-refractivity contribution is 6.32. The average molecular weight is 301 g/mol. The van der Waals surface area contributed by atoms with Crippen LogP contribution in [0.1, 0.15) is 32.4 Å². The first-order valence-corrected chi connectivity index (χ1v) is 6.68. The summed E-state index contributed by atoms with van der Waals surface area (Å²) < 4.78 is 10.5. The molecule has 3 N–H and O–H groups in total. The molecule has 0 bridgehead atoms. The molecule has 1 atom stereocenters. The van der Waals surface area contributed by atoms with Crippen LogP contribution in [0.3, 0.4) is 0 Å². The fourth-order valence-electron chi connectivity index (χ4n) is 1.73. The van der Waals surface area contributed by atoms with Crippen molar-refractivity contribution in [2.75, 3.05) is 13.7 Å². The van der Waals surface area contributed by atoms with Crippen LogP contribution >= 0.6 is 11.6 Å². The van der Waals surface area contributed by atoms with Crippen molar-refractivity contribution < 1.29 is 14.3 Å². The molecule has 6 heteroatoms. The number of carbonyl (C=O) groups excluding carboxylic acids is 1.